The van der Waals surface area contributed by atoms with Crippen LogP contribution in [0.4, 0.5) is 13.2 Å². The number of aryl methyl sites for hydroxylation is 1. The van der Waals surface area contributed by atoms with E-state index in [1.165, 1.54) is 19.9 Å². The molecule has 1 aliphatic rings. The molecule has 1 amide bonds. The summed E-state index contributed by atoms with van der Waals surface area (Å²) in [7, 11) is 1.38. The van der Waals surface area contributed by atoms with E-state index in [4.69, 9.17) is 0 Å². The smallest absolute Gasteiger partial charge is 0.350 e. The molecule has 0 unspecified atom stereocenters. The maximum Gasteiger partial charge on any atom is 0.435 e. The van der Waals surface area contributed by atoms with Gasteiger partial charge in [-0.1, -0.05) is 26.7 Å². The second-order valence-corrected chi connectivity index (χ2v) is 7.03. The fraction of sp³-hybridized carbons (Fsp3) is 0.765. The minimum Gasteiger partial charge on any atom is -0.350 e. The minimum absolute atomic E-state index is 0.119. The average Bonchev–Trinajstić information content (AvgIpc) is 2.74. The van der Waals surface area contributed by atoms with Crippen LogP contribution in [-0.4, -0.2) is 46.3 Å². The fourth-order valence-corrected chi connectivity index (χ4v) is 3.37. The molecule has 1 aromatic rings. The van der Waals surface area contributed by atoms with Crippen LogP contribution >= 0.6 is 0 Å². The Morgan fingerprint density at radius 1 is 1.24 bits per heavy atom. The highest BCUT2D eigenvalue weighted by Crippen LogP contribution is 2.30. The third-order valence-corrected chi connectivity index (χ3v) is 4.69. The van der Waals surface area contributed by atoms with E-state index in [9.17, 15) is 18.0 Å². The Balaban J connectivity index is 2.06. The van der Waals surface area contributed by atoms with Gasteiger partial charge in [-0.15, -0.1) is 0 Å². The van der Waals surface area contributed by atoms with Gasteiger partial charge in [0, 0.05) is 25.8 Å². The van der Waals surface area contributed by atoms with Crippen LogP contribution in [-0.2, 0) is 13.2 Å². The number of hydrogen-bond donors (Lipinski definition) is 1. The van der Waals surface area contributed by atoms with Crippen molar-refractivity contribution in [3.8, 4) is 0 Å². The summed E-state index contributed by atoms with van der Waals surface area (Å²) in [6, 6.07) is 0.119. The molecule has 0 aromatic carbocycles. The van der Waals surface area contributed by atoms with Crippen molar-refractivity contribution in [1.82, 2.24) is 20.0 Å². The van der Waals surface area contributed by atoms with E-state index in [0.29, 0.717) is 12.5 Å². The lowest BCUT2D eigenvalue weighted by Crippen LogP contribution is -2.47. The van der Waals surface area contributed by atoms with Crippen molar-refractivity contribution < 1.29 is 18.0 Å². The van der Waals surface area contributed by atoms with E-state index in [0.717, 1.165) is 36.8 Å². The van der Waals surface area contributed by atoms with Gasteiger partial charge < -0.3 is 5.32 Å². The minimum atomic E-state index is -4.64. The van der Waals surface area contributed by atoms with Crippen molar-refractivity contribution in [2.45, 2.75) is 51.7 Å². The molecule has 1 fully saturated rings. The molecule has 1 aromatic heterocycles. The van der Waals surface area contributed by atoms with Gasteiger partial charge in [-0.05, 0) is 31.8 Å². The molecule has 142 valence electrons. The summed E-state index contributed by atoms with van der Waals surface area (Å²) < 4.78 is 40.1. The van der Waals surface area contributed by atoms with Crippen LogP contribution in [0.2, 0.25) is 0 Å². The number of nitrogens with zero attached hydrogens (tertiary/aromatic N) is 3. The molecular weight excluding hydrogens is 333 g/mol. The molecule has 25 heavy (non-hydrogen) atoms. The Bertz CT molecular complexity index is 575. The summed E-state index contributed by atoms with van der Waals surface area (Å²) in [6.45, 7) is 6.43. The number of carbonyl (C=O) groups is 1. The average molecular weight is 360 g/mol. The Labute approximate surface area is 146 Å². The topological polar surface area (TPSA) is 50.2 Å². The largest absolute Gasteiger partial charge is 0.435 e. The molecule has 8 heteroatoms. The summed E-state index contributed by atoms with van der Waals surface area (Å²) >= 11 is 0. The van der Waals surface area contributed by atoms with Crippen LogP contribution in [0.5, 0.6) is 0 Å². The summed E-state index contributed by atoms with van der Waals surface area (Å²) in [6.07, 6.45) is 1.14. The summed E-state index contributed by atoms with van der Waals surface area (Å²) in [5, 5.41) is 6.08. The first-order valence-electron chi connectivity index (χ1n) is 8.83. The second-order valence-electron chi connectivity index (χ2n) is 7.03. The van der Waals surface area contributed by atoms with Crippen LogP contribution in [0.25, 0.3) is 0 Å². The van der Waals surface area contributed by atoms with Gasteiger partial charge in [0.25, 0.3) is 5.91 Å². The number of rotatable bonds is 5. The van der Waals surface area contributed by atoms with Gasteiger partial charge in [-0.2, -0.15) is 18.3 Å². The van der Waals surface area contributed by atoms with Gasteiger partial charge in [0.15, 0.2) is 5.69 Å². The summed E-state index contributed by atoms with van der Waals surface area (Å²) in [5.41, 5.74) is -1.56. The van der Waals surface area contributed by atoms with Crippen LogP contribution < -0.4 is 5.32 Å². The molecule has 0 saturated carbocycles. The molecule has 0 radical (unpaired) electrons. The third kappa shape index (κ3) is 5.20. The van der Waals surface area contributed by atoms with Gasteiger partial charge in [0.2, 0.25) is 0 Å². The van der Waals surface area contributed by atoms with Crippen LogP contribution in [0.1, 0.15) is 55.6 Å². The van der Waals surface area contributed by atoms with Crippen LogP contribution in [0, 0.1) is 5.92 Å². The first-order valence-corrected chi connectivity index (χ1v) is 8.83. The molecule has 0 spiro atoms. The van der Waals surface area contributed by atoms with Gasteiger partial charge in [0.1, 0.15) is 0 Å². The van der Waals surface area contributed by atoms with Crippen molar-refractivity contribution in [1.29, 1.82) is 0 Å². The zero-order valence-corrected chi connectivity index (χ0v) is 15.1. The van der Waals surface area contributed by atoms with Crippen molar-refractivity contribution in [3.63, 3.8) is 0 Å². The number of nitrogens with one attached hydrogen (secondary N) is 1. The SMILES string of the molecule is CC(C)[C@H](CNC(=O)c1cn(C)nc1C(F)(F)F)N1CCCCCC1. The summed E-state index contributed by atoms with van der Waals surface area (Å²) in [4.78, 5) is 14.7. The quantitative estimate of drug-likeness (QED) is 0.878. The van der Waals surface area contributed by atoms with Gasteiger partial charge in [0.05, 0.1) is 5.56 Å². The number of alkyl halides is 3. The fourth-order valence-electron chi connectivity index (χ4n) is 3.37. The highest BCUT2D eigenvalue weighted by atomic mass is 19.4. The molecule has 1 aliphatic heterocycles. The van der Waals surface area contributed by atoms with E-state index >= 15 is 0 Å². The number of hydrogen-bond acceptors (Lipinski definition) is 3. The lowest BCUT2D eigenvalue weighted by atomic mass is 10.0. The lowest BCUT2D eigenvalue weighted by Gasteiger charge is -2.33. The van der Waals surface area contributed by atoms with E-state index < -0.39 is 23.3 Å². The normalized spacial score (nSPS) is 18.2. The zero-order chi connectivity index (χ0) is 18.6. The van der Waals surface area contributed by atoms with Crippen molar-refractivity contribution in [2.24, 2.45) is 13.0 Å². The van der Waals surface area contributed by atoms with Crippen molar-refractivity contribution in [2.75, 3.05) is 19.6 Å². The van der Waals surface area contributed by atoms with Crippen molar-refractivity contribution >= 4 is 5.91 Å². The zero-order valence-electron chi connectivity index (χ0n) is 15.1. The third-order valence-electron chi connectivity index (χ3n) is 4.69. The number of carbonyl (C=O) groups excluding carboxylic acids is 1. The number of halogens is 3. The first kappa shape index (κ1) is 19.8. The number of amides is 1. The van der Waals surface area contributed by atoms with Gasteiger partial charge in [-0.25, -0.2) is 0 Å². The highest BCUT2D eigenvalue weighted by Gasteiger charge is 2.39. The Morgan fingerprint density at radius 2 is 1.84 bits per heavy atom. The molecule has 2 heterocycles. The molecule has 1 N–H and O–H groups in total. The highest BCUT2D eigenvalue weighted by molar-refractivity contribution is 5.95. The van der Waals surface area contributed by atoms with Crippen LogP contribution in [0.15, 0.2) is 6.20 Å². The summed E-state index contributed by atoms with van der Waals surface area (Å²) in [5.74, 6) is -0.421. The monoisotopic (exact) mass is 360 g/mol. The molecule has 2 rings (SSSR count). The van der Waals surface area contributed by atoms with E-state index in [1.807, 2.05) is 0 Å². The molecule has 1 saturated heterocycles. The van der Waals surface area contributed by atoms with Crippen LogP contribution in [0.3, 0.4) is 0 Å². The molecule has 1 atom stereocenters. The molecular formula is C17H27F3N4O. The molecule has 0 bridgehead atoms. The van der Waals surface area contributed by atoms with E-state index in [1.54, 1.807) is 0 Å². The number of aromatic nitrogens is 2. The predicted octanol–water partition coefficient (Wildman–Crippen LogP) is 3.07. The number of likely N-dealkylation sites (tertiary alicyclic amines) is 1. The lowest BCUT2D eigenvalue weighted by molar-refractivity contribution is -0.141. The van der Waals surface area contributed by atoms with Gasteiger partial charge in [-0.3, -0.25) is 14.4 Å². The standard InChI is InChI=1S/C17H27F3N4O/c1-12(2)14(24-8-6-4-5-7-9-24)10-21-16(25)13-11-23(3)22-15(13)17(18,19)20/h11-12,14H,4-10H2,1-3H3,(H,21,25)/t14-/m0/s1. The van der Waals surface area contributed by atoms with E-state index in [2.05, 4.69) is 29.2 Å². The van der Waals surface area contributed by atoms with Gasteiger partial charge >= 0.3 is 6.18 Å². The second kappa shape index (κ2) is 8.21. The Morgan fingerprint density at radius 3 is 2.36 bits per heavy atom. The maximum atomic E-state index is 13.0. The Hall–Kier alpha value is -1.57. The predicted molar refractivity (Wildman–Crippen MR) is 89.2 cm³/mol. The van der Waals surface area contributed by atoms with E-state index in [-0.39, 0.29) is 6.04 Å². The Kier molecular flexibility index (Phi) is 6.48. The molecule has 0 aliphatic carbocycles. The first-order chi connectivity index (χ1) is 11.7. The maximum absolute atomic E-state index is 13.0. The van der Waals surface area contributed by atoms with Crippen molar-refractivity contribution in [3.05, 3.63) is 17.5 Å². The molecule has 5 nitrogen and oxygen atoms in total.